The molecule has 1 unspecified atom stereocenters. The molecule has 1 heterocycles. The Morgan fingerprint density at radius 1 is 1.50 bits per heavy atom. The second-order valence-corrected chi connectivity index (χ2v) is 4.65. The topological polar surface area (TPSA) is 35.5 Å². The second-order valence-electron chi connectivity index (χ2n) is 3.73. The Morgan fingerprint density at radius 2 is 2.08 bits per heavy atom. The highest BCUT2D eigenvalue weighted by Gasteiger charge is 2.16. The summed E-state index contributed by atoms with van der Waals surface area (Å²) in [4.78, 5) is 0. The number of hydrogen-bond acceptors (Lipinski definition) is 3. The van der Waals surface area contributed by atoms with E-state index in [2.05, 4.69) is 0 Å². The summed E-state index contributed by atoms with van der Waals surface area (Å²) in [6.45, 7) is 6.82. The molecular weight excluding hydrogens is 176 g/mol. The van der Waals surface area contributed by atoms with Crippen LogP contribution in [0.25, 0.3) is 0 Å². The fraction of sp³-hybridized carbons (Fsp3) is 0.750. The van der Waals surface area contributed by atoms with Crippen LogP contribution in [0.2, 0.25) is 0 Å². The van der Waals surface area contributed by atoms with Crippen molar-refractivity contribution in [3.8, 4) is 0 Å². The summed E-state index contributed by atoms with van der Waals surface area (Å²) in [5.41, 5.74) is 0.699. The third kappa shape index (κ3) is 3.47. The summed E-state index contributed by atoms with van der Waals surface area (Å²) in [5.74, 6) is 0. The molecule has 0 N–H and O–H groups in total. The van der Waals surface area contributed by atoms with Crippen LogP contribution in [0.1, 0.15) is 20.8 Å². The lowest BCUT2D eigenvalue weighted by Crippen LogP contribution is -2.22. The summed E-state index contributed by atoms with van der Waals surface area (Å²) in [7, 11) is 0. The van der Waals surface area contributed by atoms with Crippen molar-refractivity contribution in [2.75, 3.05) is 13.2 Å². The lowest BCUT2D eigenvalue weighted by atomic mass is 10.2. The van der Waals surface area contributed by atoms with Crippen molar-refractivity contribution in [2.45, 2.75) is 26.4 Å². The normalized spacial score (nSPS) is 20.1. The number of ether oxygens (including phenoxy) is 1. The van der Waals surface area contributed by atoms with Crippen LogP contribution in [0.5, 0.6) is 0 Å². The second kappa shape index (κ2) is 3.68. The van der Waals surface area contributed by atoms with Gasteiger partial charge < -0.3 is 4.74 Å². The van der Waals surface area contributed by atoms with E-state index in [0.717, 1.165) is 5.57 Å². The molecule has 0 bridgehead atoms. The largest absolute Gasteiger partial charge is 0.373 e. The highest BCUT2D eigenvalue weighted by Crippen LogP contribution is 2.14. The average molecular weight is 190 g/mol. The summed E-state index contributed by atoms with van der Waals surface area (Å²) >= 11 is -1.31. The zero-order valence-electron chi connectivity index (χ0n) is 7.62. The Kier molecular flexibility index (Phi) is 3.04. The van der Waals surface area contributed by atoms with Crippen molar-refractivity contribution in [3.05, 3.63) is 11.0 Å². The van der Waals surface area contributed by atoms with Crippen LogP contribution in [-0.4, -0.2) is 23.0 Å². The van der Waals surface area contributed by atoms with Gasteiger partial charge >= 0.3 is 0 Å². The lowest BCUT2D eigenvalue weighted by molar-refractivity contribution is 0.103. The van der Waals surface area contributed by atoms with Gasteiger partial charge in [0.05, 0.1) is 18.8 Å². The van der Waals surface area contributed by atoms with Crippen molar-refractivity contribution in [1.82, 2.24) is 0 Å². The first-order valence-electron chi connectivity index (χ1n) is 3.85. The Bertz CT molecular complexity index is 209. The smallest absolute Gasteiger partial charge is 0.182 e. The monoisotopic (exact) mass is 190 g/mol. The molecule has 4 heteroatoms. The summed E-state index contributed by atoms with van der Waals surface area (Å²) in [6, 6.07) is 0. The van der Waals surface area contributed by atoms with E-state index < -0.39 is 11.1 Å². The maximum Gasteiger partial charge on any atom is 0.182 e. The zero-order valence-corrected chi connectivity index (χ0v) is 8.44. The SMILES string of the molecule is CC(C)(C)OS(=O)C=C1COC1. The van der Waals surface area contributed by atoms with Gasteiger partial charge in [0.25, 0.3) is 0 Å². The Morgan fingerprint density at radius 3 is 2.42 bits per heavy atom. The van der Waals surface area contributed by atoms with Crippen molar-refractivity contribution < 1.29 is 13.1 Å². The van der Waals surface area contributed by atoms with Gasteiger partial charge in [0, 0.05) is 5.41 Å². The molecule has 0 spiro atoms. The van der Waals surface area contributed by atoms with Gasteiger partial charge in [0.1, 0.15) is 0 Å². The van der Waals surface area contributed by atoms with Crippen LogP contribution < -0.4 is 0 Å². The van der Waals surface area contributed by atoms with E-state index >= 15 is 0 Å². The first kappa shape index (κ1) is 9.89. The van der Waals surface area contributed by atoms with E-state index in [1.54, 1.807) is 5.41 Å². The maximum absolute atomic E-state index is 11.2. The molecule has 0 aromatic carbocycles. The lowest BCUT2D eigenvalue weighted by Gasteiger charge is -2.19. The predicted octanol–water partition coefficient (Wildman–Crippen LogP) is 1.38. The van der Waals surface area contributed by atoms with E-state index in [4.69, 9.17) is 8.92 Å². The Labute approximate surface area is 75.4 Å². The summed E-state index contributed by atoms with van der Waals surface area (Å²) < 4.78 is 21.3. The first-order chi connectivity index (χ1) is 5.47. The highest BCUT2D eigenvalue weighted by atomic mass is 32.2. The molecule has 0 radical (unpaired) electrons. The van der Waals surface area contributed by atoms with Gasteiger partial charge in [-0.05, 0) is 26.3 Å². The van der Waals surface area contributed by atoms with E-state index in [9.17, 15) is 4.21 Å². The minimum absolute atomic E-state index is 0.355. The van der Waals surface area contributed by atoms with Crippen molar-refractivity contribution in [3.63, 3.8) is 0 Å². The molecule has 3 nitrogen and oxygen atoms in total. The molecule has 0 amide bonds. The molecule has 70 valence electrons. The van der Waals surface area contributed by atoms with Gasteiger partial charge in [-0.15, -0.1) is 0 Å². The molecule has 0 aromatic heterocycles. The fourth-order valence-corrected chi connectivity index (χ4v) is 1.64. The number of hydrogen-bond donors (Lipinski definition) is 0. The molecule has 1 atom stereocenters. The first-order valence-corrected chi connectivity index (χ1v) is 4.98. The van der Waals surface area contributed by atoms with Gasteiger partial charge in [-0.2, -0.15) is 0 Å². The van der Waals surface area contributed by atoms with Gasteiger partial charge in [-0.1, -0.05) is 0 Å². The molecular formula is C8H14O3S. The van der Waals surface area contributed by atoms with Crippen molar-refractivity contribution >= 4 is 11.1 Å². The number of rotatable bonds is 2. The molecule has 1 saturated heterocycles. The minimum atomic E-state index is -1.31. The molecule has 1 fully saturated rings. The van der Waals surface area contributed by atoms with E-state index in [-0.39, 0.29) is 5.60 Å². The van der Waals surface area contributed by atoms with Crippen LogP contribution in [-0.2, 0) is 20.0 Å². The fourth-order valence-electron chi connectivity index (χ4n) is 0.694. The predicted molar refractivity (Wildman–Crippen MR) is 47.9 cm³/mol. The molecule has 1 aliphatic rings. The average Bonchev–Trinajstić information content (AvgIpc) is 1.74. The van der Waals surface area contributed by atoms with Crippen molar-refractivity contribution in [2.24, 2.45) is 0 Å². The highest BCUT2D eigenvalue weighted by molar-refractivity contribution is 7.83. The van der Waals surface area contributed by atoms with Gasteiger partial charge in [0.15, 0.2) is 11.1 Å². The van der Waals surface area contributed by atoms with Crippen LogP contribution in [0.3, 0.4) is 0 Å². The molecule has 1 rings (SSSR count). The van der Waals surface area contributed by atoms with Crippen LogP contribution in [0.4, 0.5) is 0 Å². The third-order valence-electron chi connectivity index (χ3n) is 1.17. The third-order valence-corrected chi connectivity index (χ3v) is 2.36. The van der Waals surface area contributed by atoms with Crippen molar-refractivity contribution in [1.29, 1.82) is 0 Å². The molecule has 12 heavy (non-hydrogen) atoms. The summed E-state index contributed by atoms with van der Waals surface area (Å²) in [5, 5.41) is 1.62. The van der Waals surface area contributed by atoms with E-state index in [1.165, 1.54) is 0 Å². The Balaban J connectivity index is 2.38. The molecule has 0 aliphatic carbocycles. The minimum Gasteiger partial charge on any atom is -0.373 e. The Hall–Kier alpha value is -0.190. The summed E-state index contributed by atoms with van der Waals surface area (Å²) in [6.07, 6.45) is 0. The van der Waals surface area contributed by atoms with Gasteiger partial charge in [-0.3, -0.25) is 4.18 Å². The molecule has 0 saturated carbocycles. The van der Waals surface area contributed by atoms with Crippen LogP contribution in [0, 0.1) is 0 Å². The molecule has 1 aliphatic heterocycles. The van der Waals surface area contributed by atoms with E-state index in [0.29, 0.717) is 13.2 Å². The van der Waals surface area contributed by atoms with Crippen LogP contribution in [0.15, 0.2) is 11.0 Å². The van der Waals surface area contributed by atoms with Gasteiger partial charge in [0.2, 0.25) is 0 Å². The maximum atomic E-state index is 11.2. The zero-order chi connectivity index (χ0) is 9.19. The molecule has 0 aromatic rings. The van der Waals surface area contributed by atoms with Gasteiger partial charge in [-0.25, -0.2) is 4.21 Å². The quantitative estimate of drug-likeness (QED) is 0.660. The standard InChI is InChI=1S/C8H14O3S/c1-8(2,3)11-12(9)6-7-4-10-5-7/h6H,4-5H2,1-3H3. The van der Waals surface area contributed by atoms with Crippen LogP contribution >= 0.6 is 0 Å². The van der Waals surface area contributed by atoms with E-state index in [1.807, 2.05) is 20.8 Å².